The van der Waals surface area contributed by atoms with Gasteiger partial charge >= 0.3 is 0 Å². The number of nitrogens with one attached hydrogen (secondary N) is 2. The van der Waals surface area contributed by atoms with E-state index >= 15 is 0 Å². The van der Waals surface area contributed by atoms with Gasteiger partial charge in [0, 0.05) is 10.9 Å². The van der Waals surface area contributed by atoms with Gasteiger partial charge in [-0.15, -0.1) is 11.3 Å². The molecule has 1 aliphatic carbocycles. The lowest BCUT2D eigenvalue weighted by molar-refractivity contribution is -0.120. The van der Waals surface area contributed by atoms with E-state index in [9.17, 15) is 4.79 Å². The fourth-order valence-electron chi connectivity index (χ4n) is 1.54. The SMILES string of the molecule is O=C1NC(NC2CC2)=NC1c1cccs1. The van der Waals surface area contributed by atoms with Crippen LogP contribution in [-0.2, 0) is 4.79 Å². The molecule has 1 saturated carbocycles. The second kappa shape index (κ2) is 3.34. The molecule has 2 aliphatic rings. The van der Waals surface area contributed by atoms with Crippen LogP contribution in [0.1, 0.15) is 23.8 Å². The number of nitrogens with zero attached hydrogens (tertiary/aromatic N) is 1. The Kier molecular flexibility index (Phi) is 1.98. The molecule has 4 nitrogen and oxygen atoms in total. The van der Waals surface area contributed by atoms with E-state index in [0.717, 1.165) is 4.88 Å². The second-order valence-electron chi connectivity index (χ2n) is 3.80. The summed E-state index contributed by atoms with van der Waals surface area (Å²) in [5, 5.41) is 7.93. The summed E-state index contributed by atoms with van der Waals surface area (Å²) in [6, 6.07) is 4.06. The molecule has 0 saturated heterocycles. The maximum Gasteiger partial charge on any atom is 0.257 e. The fourth-order valence-corrected chi connectivity index (χ4v) is 2.30. The van der Waals surface area contributed by atoms with Gasteiger partial charge in [-0.3, -0.25) is 10.1 Å². The average Bonchev–Trinajstić information content (AvgIpc) is 2.76. The summed E-state index contributed by atoms with van der Waals surface area (Å²) in [5.41, 5.74) is 0. The van der Waals surface area contributed by atoms with Crippen molar-refractivity contribution in [2.75, 3.05) is 0 Å². The van der Waals surface area contributed by atoms with Gasteiger partial charge < -0.3 is 5.32 Å². The Labute approximate surface area is 91.4 Å². The number of thiophene rings is 1. The summed E-state index contributed by atoms with van der Waals surface area (Å²) in [7, 11) is 0. The van der Waals surface area contributed by atoms with E-state index in [1.165, 1.54) is 12.8 Å². The third-order valence-electron chi connectivity index (χ3n) is 2.48. The van der Waals surface area contributed by atoms with Crippen molar-refractivity contribution in [3.8, 4) is 0 Å². The summed E-state index contributed by atoms with van der Waals surface area (Å²) < 4.78 is 0. The molecule has 1 aliphatic heterocycles. The molecule has 0 spiro atoms. The van der Waals surface area contributed by atoms with Crippen LogP contribution < -0.4 is 10.6 Å². The van der Waals surface area contributed by atoms with Crippen LogP contribution in [0.25, 0.3) is 0 Å². The maximum absolute atomic E-state index is 11.6. The van der Waals surface area contributed by atoms with Crippen molar-refractivity contribution in [1.29, 1.82) is 0 Å². The number of aliphatic imine (C=N–C) groups is 1. The Balaban J connectivity index is 1.78. The molecule has 1 amide bonds. The summed E-state index contributed by atoms with van der Waals surface area (Å²) in [4.78, 5) is 17.0. The minimum atomic E-state index is -0.341. The van der Waals surface area contributed by atoms with Crippen LogP contribution in [0, 0.1) is 0 Å². The van der Waals surface area contributed by atoms with Gasteiger partial charge in [-0.1, -0.05) is 6.07 Å². The highest BCUT2D eigenvalue weighted by Gasteiger charge is 2.31. The molecule has 1 fully saturated rings. The van der Waals surface area contributed by atoms with Gasteiger partial charge in [-0.05, 0) is 24.3 Å². The lowest BCUT2D eigenvalue weighted by Gasteiger charge is -2.00. The molecule has 2 N–H and O–H groups in total. The number of carbonyl (C=O) groups is 1. The Morgan fingerprint density at radius 1 is 1.53 bits per heavy atom. The molecule has 2 heterocycles. The average molecular weight is 221 g/mol. The van der Waals surface area contributed by atoms with Gasteiger partial charge in [0.25, 0.3) is 5.91 Å². The van der Waals surface area contributed by atoms with Crippen molar-refractivity contribution in [3.05, 3.63) is 22.4 Å². The molecule has 15 heavy (non-hydrogen) atoms. The number of amides is 1. The van der Waals surface area contributed by atoms with E-state index < -0.39 is 0 Å². The highest BCUT2D eigenvalue weighted by molar-refractivity contribution is 7.10. The van der Waals surface area contributed by atoms with Gasteiger partial charge in [0.1, 0.15) is 0 Å². The molecule has 0 aromatic carbocycles. The zero-order valence-corrected chi connectivity index (χ0v) is 8.88. The zero-order chi connectivity index (χ0) is 10.3. The van der Waals surface area contributed by atoms with E-state index in [2.05, 4.69) is 15.6 Å². The molecule has 1 aromatic heterocycles. The highest BCUT2D eigenvalue weighted by Crippen LogP contribution is 2.26. The first-order valence-electron chi connectivity index (χ1n) is 5.01. The normalized spacial score (nSPS) is 24.9. The predicted molar refractivity (Wildman–Crippen MR) is 58.8 cm³/mol. The number of hydrogen-bond acceptors (Lipinski definition) is 4. The standard InChI is InChI=1S/C10H11N3OS/c14-9-8(7-2-1-5-15-7)12-10(13-9)11-6-3-4-6/h1-2,5-6,8H,3-4H2,(H2,11,12,13,14). The van der Waals surface area contributed by atoms with Crippen molar-refractivity contribution in [2.45, 2.75) is 24.9 Å². The van der Waals surface area contributed by atoms with E-state index in [1.54, 1.807) is 11.3 Å². The minimum absolute atomic E-state index is 0.0272. The molecule has 1 atom stereocenters. The van der Waals surface area contributed by atoms with Crippen LogP contribution in [0.5, 0.6) is 0 Å². The predicted octanol–water partition coefficient (Wildman–Crippen LogP) is 1.03. The fraction of sp³-hybridized carbons (Fsp3) is 0.400. The first kappa shape index (κ1) is 8.91. The van der Waals surface area contributed by atoms with Crippen LogP contribution in [0.3, 0.4) is 0 Å². The topological polar surface area (TPSA) is 53.5 Å². The van der Waals surface area contributed by atoms with Gasteiger partial charge in [-0.25, -0.2) is 4.99 Å². The quantitative estimate of drug-likeness (QED) is 0.783. The van der Waals surface area contributed by atoms with Crippen LogP contribution in [0.2, 0.25) is 0 Å². The first-order valence-corrected chi connectivity index (χ1v) is 5.89. The van der Waals surface area contributed by atoms with E-state index in [1.807, 2.05) is 17.5 Å². The molecule has 3 rings (SSSR count). The van der Waals surface area contributed by atoms with E-state index in [0.29, 0.717) is 12.0 Å². The largest absolute Gasteiger partial charge is 0.353 e. The molecule has 78 valence electrons. The van der Waals surface area contributed by atoms with Gasteiger partial charge in [0.15, 0.2) is 12.0 Å². The third-order valence-corrected chi connectivity index (χ3v) is 3.40. The lowest BCUT2D eigenvalue weighted by Crippen LogP contribution is -2.37. The smallest absolute Gasteiger partial charge is 0.257 e. The zero-order valence-electron chi connectivity index (χ0n) is 8.06. The molecule has 5 heteroatoms. The highest BCUT2D eigenvalue weighted by atomic mass is 32.1. The maximum atomic E-state index is 11.6. The van der Waals surface area contributed by atoms with Gasteiger partial charge in [0.05, 0.1) is 0 Å². The van der Waals surface area contributed by atoms with Crippen LogP contribution in [-0.4, -0.2) is 17.9 Å². The van der Waals surface area contributed by atoms with Gasteiger partial charge in [-0.2, -0.15) is 0 Å². The number of hydrogen-bond donors (Lipinski definition) is 2. The summed E-state index contributed by atoms with van der Waals surface area (Å²) in [6.07, 6.45) is 2.36. The van der Waals surface area contributed by atoms with Crippen LogP contribution >= 0.6 is 11.3 Å². The Morgan fingerprint density at radius 2 is 2.40 bits per heavy atom. The van der Waals surface area contributed by atoms with Crippen molar-refractivity contribution in [2.24, 2.45) is 4.99 Å². The van der Waals surface area contributed by atoms with Crippen molar-refractivity contribution in [3.63, 3.8) is 0 Å². The molecular weight excluding hydrogens is 210 g/mol. The summed E-state index contributed by atoms with van der Waals surface area (Å²) >= 11 is 1.56. The lowest BCUT2D eigenvalue weighted by atomic mass is 10.2. The van der Waals surface area contributed by atoms with E-state index in [4.69, 9.17) is 0 Å². The number of rotatable bonds is 2. The van der Waals surface area contributed by atoms with Crippen molar-refractivity contribution >= 4 is 23.2 Å². The second-order valence-corrected chi connectivity index (χ2v) is 4.78. The van der Waals surface area contributed by atoms with Crippen LogP contribution in [0.4, 0.5) is 0 Å². The summed E-state index contributed by atoms with van der Waals surface area (Å²) in [5.74, 6) is 0.612. The van der Waals surface area contributed by atoms with Crippen LogP contribution in [0.15, 0.2) is 22.5 Å². The molecule has 1 unspecified atom stereocenters. The monoisotopic (exact) mass is 221 g/mol. The molecule has 0 radical (unpaired) electrons. The van der Waals surface area contributed by atoms with Crippen molar-refractivity contribution < 1.29 is 4.79 Å². The first-order chi connectivity index (χ1) is 7.33. The molecule has 0 bridgehead atoms. The van der Waals surface area contributed by atoms with E-state index in [-0.39, 0.29) is 11.9 Å². The van der Waals surface area contributed by atoms with Crippen molar-refractivity contribution in [1.82, 2.24) is 10.6 Å². The Hall–Kier alpha value is -1.36. The minimum Gasteiger partial charge on any atom is -0.353 e. The molecule has 1 aromatic rings. The molecular formula is C10H11N3OS. The number of carbonyl (C=O) groups excluding carboxylic acids is 1. The Morgan fingerprint density at radius 3 is 3.07 bits per heavy atom. The van der Waals surface area contributed by atoms with Gasteiger partial charge in [0.2, 0.25) is 0 Å². The Bertz CT molecular complexity index is 408. The third kappa shape index (κ3) is 1.74. The summed E-state index contributed by atoms with van der Waals surface area (Å²) in [6.45, 7) is 0. The number of guanidine groups is 1.